The highest BCUT2D eigenvalue weighted by atomic mass is 16.5. The highest BCUT2D eigenvalue weighted by Crippen LogP contribution is 2.42. The number of nitriles is 1. The number of hydrogen-bond donors (Lipinski definition) is 1. The molecule has 28 heavy (non-hydrogen) atoms. The Morgan fingerprint density at radius 1 is 1.21 bits per heavy atom. The maximum atomic E-state index is 13.3. The Hall–Kier alpha value is -2.80. The van der Waals surface area contributed by atoms with Gasteiger partial charge in [0.25, 0.3) is 0 Å². The van der Waals surface area contributed by atoms with Gasteiger partial charge in [-0.25, -0.2) is 0 Å². The van der Waals surface area contributed by atoms with Crippen molar-refractivity contribution in [1.82, 2.24) is 0 Å². The molecule has 0 saturated heterocycles. The van der Waals surface area contributed by atoms with Gasteiger partial charge in [0, 0.05) is 5.69 Å². The molecular weight excluding hydrogens is 348 g/mol. The molecule has 0 aromatic heterocycles. The molecule has 4 heteroatoms. The van der Waals surface area contributed by atoms with E-state index in [1.807, 2.05) is 12.1 Å². The quantitative estimate of drug-likeness (QED) is 0.739. The molecule has 1 amide bonds. The summed E-state index contributed by atoms with van der Waals surface area (Å²) in [6.45, 7) is 6.73. The second-order valence-electron chi connectivity index (χ2n) is 8.14. The molecule has 1 aliphatic rings. The summed E-state index contributed by atoms with van der Waals surface area (Å²) in [6, 6.07) is 15.7. The fraction of sp³-hybridized carbons (Fsp3) is 0.417. The van der Waals surface area contributed by atoms with Gasteiger partial charge in [-0.3, -0.25) is 4.79 Å². The van der Waals surface area contributed by atoms with Crippen LogP contribution in [0.1, 0.15) is 56.2 Å². The fourth-order valence-corrected chi connectivity index (χ4v) is 3.90. The van der Waals surface area contributed by atoms with Crippen molar-refractivity contribution in [3.8, 4) is 11.8 Å². The molecule has 0 unspecified atom stereocenters. The molecule has 3 rings (SSSR count). The first-order valence-corrected chi connectivity index (χ1v) is 10.00. The fourth-order valence-electron chi connectivity index (χ4n) is 3.90. The van der Waals surface area contributed by atoms with E-state index in [9.17, 15) is 10.1 Å². The summed E-state index contributed by atoms with van der Waals surface area (Å²) in [4.78, 5) is 13.3. The maximum Gasteiger partial charge on any atom is 0.235 e. The van der Waals surface area contributed by atoms with Crippen molar-refractivity contribution >= 4 is 11.6 Å². The number of aryl methyl sites for hydroxylation is 1. The van der Waals surface area contributed by atoms with Crippen molar-refractivity contribution in [2.24, 2.45) is 5.92 Å². The lowest BCUT2D eigenvalue weighted by Gasteiger charge is -2.28. The van der Waals surface area contributed by atoms with E-state index in [1.165, 1.54) is 0 Å². The minimum atomic E-state index is -0.494. The summed E-state index contributed by atoms with van der Waals surface area (Å²) in [5, 5.41) is 12.5. The number of hydrogen-bond acceptors (Lipinski definition) is 3. The van der Waals surface area contributed by atoms with Gasteiger partial charge < -0.3 is 10.1 Å². The van der Waals surface area contributed by atoms with Crippen molar-refractivity contribution in [2.45, 2.75) is 51.9 Å². The lowest BCUT2D eigenvalue weighted by molar-refractivity contribution is -0.121. The van der Waals surface area contributed by atoms with Gasteiger partial charge in [0.15, 0.2) is 0 Å². The molecule has 1 fully saturated rings. The van der Waals surface area contributed by atoms with Gasteiger partial charge in [-0.2, -0.15) is 5.26 Å². The normalized spacial score (nSPS) is 15.2. The van der Waals surface area contributed by atoms with Gasteiger partial charge in [-0.15, -0.1) is 0 Å². The average molecular weight is 377 g/mol. The van der Waals surface area contributed by atoms with E-state index in [0.29, 0.717) is 29.5 Å². The van der Waals surface area contributed by atoms with Gasteiger partial charge in [-0.1, -0.05) is 56.5 Å². The summed E-state index contributed by atoms with van der Waals surface area (Å²) >= 11 is 0. The predicted molar refractivity (Wildman–Crippen MR) is 111 cm³/mol. The van der Waals surface area contributed by atoms with Gasteiger partial charge >= 0.3 is 0 Å². The van der Waals surface area contributed by atoms with Gasteiger partial charge in [0.1, 0.15) is 11.8 Å². The second kappa shape index (κ2) is 8.48. The lowest BCUT2D eigenvalue weighted by atomic mass is 9.77. The van der Waals surface area contributed by atoms with Crippen molar-refractivity contribution in [3.05, 3.63) is 59.2 Å². The maximum absolute atomic E-state index is 13.3. The molecule has 0 heterocycles. The van der Waals surface area contributed by atoms with Gasteiger partial charge in [-0.05, 0) is 49.4 Å². The van der Waals surface area contributed by atoms with Crippen LogP contribution >= 0.6 is 0 Å². The molecule has 0 atom stereocenters. The summed E-state index contributed by atoms with van der Waals surface area (Å²) in [7, 11) is 0. The first-order valence-electron chi connectivity index (χ1n) is 10.00. The molecule has 1 aliphatic carbocycles. The zero-order valence-corrected chi connectivity index (χ0v) is 16.9. The number of carbonyl (C=O) groups excluding carboxylic acids is 1. The molecule has 2 aromatic rings. The average Bonchev–Trinajstić information content (AvgIpc) is 3.18. The first-order chi connectivity index (χ1) is 13.4. The standard InChI is InChI=1S/C24H28N2O2/c1-17(2)16-28-22-10-9-21(14-19(22)15-25)26-23(27)24(11-4-5-12-24)20-8-6-7-18(3)13-20/h6-10,13-14,17H,4-5,11-12,16H2,1-3H3,(H,26,27). The number of anilines is 1. The Kier molecular flexibility index (Phi) is 6.04. The molecule has 0 radical (unpaired) electrons. The highest BCUT2D eigenvalue weighted by Gasteiger charge is 2.42. The predicted octanol–water partition coefficient (Wildman–Crippen LogP) is 5.35. The van der Waals surface area contributed by atoms with Crippen molar-refractivity contribution in [2.75, 3.05) is 11.9 Å². The van der Waals surface area contributed by atoms with Crippen LogP contribution in [0.4, 0.5) is 5.69 Å². The summed E-state index contributed by atoms with van der Waals surface area (Å²) in [5.41, 5.74) is 2.83. The third kappa shape index (κ3) is 4.20. The van der Waals surface area contributed by atoms with Gasteiger partial charge in [0.05, 0.1) is 17.6 Å². The minimum Gasteiger partial charge on any atom is -0.492 e. The zero-order chi connectivity index (χ0) is 20.1. The van der Waals surface area contributed by atoms with Crippen molar-refractivity contribution < 1.29 is 9.53 Å². The second-order valence-corrected chi connectivity index (χ2v) is 8.14. The van der Waals surface area contributed by atoms with Crippen LogP contribution in [-0.2, 0) is 10.2 Å². The van der Waals surface area contributed by atoms with E-state index >= 15 is 0 Å². The van der Waals surface area contributed by atoms with Crippen LogP contribution in [-0.4, -0.2) is 12.5 Å². The number of carbonyl (C=O) groups is 1. The molecular formula is C24H28N2O2. The Morgan fingerprint density at radius 3 is 2.61 bits per heavy atom. The molecule has 1 saturated carbocycles. The van der Waals surface area contributed by atoms with E-state index < -0.39 is 5.41 Å². The molecule has 0 spiro atoms. The van der Waals surface area contributed by atoms with Crippen LogP contribution < -0.4 is 10.1 Å². The molecule has 0 bridgehead atoms. The summed E-state index contributed by atoms with van der Waals surface area (Å²) < 4.78 is 5.72. The number of nitrogens with zero attached hydrogens (tertiary/aromatic N) is 1. The smallest absolute Gasteiger partial charge is 0.235 e. The molecule has 146 valence electrons. The highest BCUT2D eigenvalue weighted by molar-refractivity contribution is 5.99. The summed E-state index contributed by atoms with van der Waals surface area (Å²) in [5.74, 6) is 0.946. The molecule has 0 aliphatic heterocycles. The third-order valence-corrected chi connectivity index (χ3v) is 5.39. The van der Waals surface area contributed by atoms with E-state index in [1.54, 1.807) is 12.1 Å². The van der Waals surface area contributed by atoms with Crippen molar-refractivity contribution in [1.29, 1.82) is 5.26 Å². The van der Waals surface area contributed by atoms with Crippen LogP contribution in [0.15, 0.2) is 42.5 Å². The van der Waals surface area contributed by atoms with Crippen LogP contribution in [0.25, 0.3) is 0 Å². The van der Waals surface area contributed by atoms with Crippen LogP contribution in [0.5, 0.6) is 5.75 Å². The SMILES string of the molecule is Cc1cccc(C2(C(=O)Nc3ccc(OCC(C)C)c(C#N)c3)CCCC2)c1. The summed E-state index contributed by atoms with van der Waals surface area (Å²) in [6.07, 6.45) is 3.80. The minimum absolute atomic E-state index is 0.00957. The Labute approximate surface area is 167 Å². The van der Waals surface area contributed by atoms with Gasteiger partial charge in [0.2, 0.25) is 5.91 Å². The number of rotatable bonds is 6. The van der Waals surface area contributed by atoms with Crippen molar-refractivity contribution in [3.63, 3.8) is 0 Å². The first kappa shape index (κ1) is 19.9. The molecule has 2 aromatic carbocycles. The Balaban J connectivity index is 1.84. The topological polar surface area (TPSA) is 62.1 Å². The van der Waals surface area contributed by atoms with E-state index in [2.05, 4.69) is 50.4 Å². The van der Waals surface area contributed by atoms with E-state index in [4.69, 9.17) is 4.74 Å². The Bertz CT molecular complexity index is 890. The lowest BCUT2D eigenvalue weighted by Crippen LogP contribution is -2.38. The number of benzene rings is 2. The third-order valence-electron chi connectivity index (χ3n) is 5.39. The monoisotopic (exact) mass is 376 g/mol. The Morgan fingerprint density at radius 2 is 1.96 bits per heavy atom. The van der Waals surface area contributed by atoms with E-state index in [0.717, 1.165) is 36.8 Å². The largest absolute Gasteiger partial charge is 0.492 e. The number of nitrogens with one attached hydrogen (secondary N) is 1. The number of ether oxygens (including phenoxy) is 1. The van der Waals surface area contributed by atoms with Crippen LogP contribution in [0.3, 0.4) is 0 Å². The molecule has 1 N–H and O–H groups in total. The van der Waals surface area contributed by atoms with Crippen LogP contribution in [0, 0.1) is 24.2 Å². The zero-order valence-electron chi connectivity index (χ0n) is 16.9. The van der Waals surface area contributed by atoms with Crippen LogP contribution in [0.2, 0.25) is 0 Å². The van der Waals surface area contributed by atoms with E-state index in [-0.39, 0.29) is 5.91 Å². The number of amides is 1. The molecule has 4 nitrogen and oxygen atoms in total.